The Morgan fingerprint density at radius 1 is 1.18 bits per heavy atom. The Morgan fingerprint density at radius 3 is 2.57 bits per heavy atom. The van der Waals surface area contributed by atoms with Crippen LogP contribution < -0.4 is 0 Å². The van der Waals surface area contributed by atoms with Crippen molar-refractivity contribution in [3.63, 3.8) is 0 Å². The number of piperidine rings is 2. The molecular weight excluding hydrogens is 382 g/mol. The molecule has 1 aromatic rings. The molecule has 1 atom stereocenters. The smallest absolute Gasteiger partial charge is 0.310 e. The number of sulfonamides is 1. The SMILES string of the molecule is CCOC(=O)C1CCCN(C(=O)C2CCN(S(=O)(=O)c3cccnc3)CC2)C1. The first-order valence-corrected chi connectivity index (χ1v) is 11.2. The van der Waals surface area contributed by atoms with Gasteiger partial charge in [0.2, 0.25) is 15.9 Å². The number of hydrogen-bond donors (Lipinski definition) is 0. The van der Waals surface area contributed by atoms with Gasteiger partial charge in [0.15, 0.2) is 0 Å². The highest BCUT2D eigenvalue weighted by molar-refractivity contribution is 7.89. The maximum absolute atomic E-state index is 12.9. The molecule has 0 aliphatic carbocycles. The highest BCUT2D eigenvalue weighted by Gasteiger charge is 2.36. The zero-order valence-corrected chi connectivity index (χ0v) is 16.9. The lowest BCUT2D eigenvalue weighted by molar-refractivity contribution is -0.152. The minimum absolute atomic E-state index is 0.0208. The van der Waals surface area contributed by atoms with Crippen LogP contribution in [-0.4, -0.2) is 67.3 Å². The third-order valence-corrected chi connectivity index (χ3v) is 7.31. The summed E-state index contributed by atoms with van der Waals surface area (Å²) < 4.78 is 31.9. The topological polar surface area (TPSA) is 96.9 Å². The first-order valence-electron chi connectivity index (χ1n) is 9.79. The third kappa shape index (κ3) is 4.52. The average Bonchev–Trinajstić information content (AvgIpc) is 2.74. The quantitative estimate of drug-likeness (QED) is 0.680. The molecule has 0 N–H and O–H groups in total. The Hall–Kier alpha value is -2.00. The fourth-order valence-corrected chi connectivity index (χ4v) is 5.31. The van der Waals surface area contributed by atoms with E-state index in [1.165, 1.54) is 22.8 Å². The Labute approximate surface area is 165 Å². The molecule has 2 fully saturated rings. The van der Waals surface area contributed by atoms with Crippen molar-refractivity contribution >= 4 is 21.9 Å². The van der Waals surface area contributed by atoms with Crippen LogP contribution in [0.5, 0.6) is 0 Å². The summed E-state index contributed by atoms with van der Waals surface area (Å²) in [5.41, 5.74) is 0. The summed E-state index contributed by atoms with van der Waals surface area (Å²) in [5, 5.41) is 0. The number of likely N-dealkylation sites (tertiary alicyclic amines) is 1. The zero-order chi connectivity index (χ0) is 20.1. The standard InChI is InChI=1S/C19H27N3O5S/c1-2-27-19(24)16-5-4-10-21(14-16)18(23)15-7-11-22(12-8-15)28(25,26)17-6-3-9-20-13-17/h3,6,9,13,15-16H,2,4-5,7-8,10-12,14H2,1H3. The molecule has 9 heteroatoms. The van der Waals surface area contributed by atoms with E-state index in [1.807, 2.05) is 0 Å². The number of pyridine rings is 1. The molecule has 0 bridgehead atoms. The van der Waals surface area contributed by atoms with Crippen molar-refractivity contribution < 1.29 is 22.7 Å². The van der Waals surface area contributed by atoms with Crippen molar-refractivity contribution in [3.8, 4) is 0 Å². The van der Waals surface area contributed by atoms with Gasteiger partial charge >= 0.3 is 5.97 Å². The molecule has 0 saturated carbocycles. The van der Waals surface area contributed by atoms with Gasteiger partial charge in [-0.15, -0.1) is 0 Å². The van der Waals surface area contributed by atoms with Crippen molar-refractivity contribution in [1.82, 2.24) is 14.2 Å². The van der Waals surface area contributed by atoms with Crippen molar-refractivity contribution in [3.05, 3.63) is 24.5 Å². The summed E-state index contributed by atoms with van der Waals surface area (Å²) in [6.07, 6.45) is 5.37. The van der Waals surface area contributed by atoms with Crippen molar-refractivity contribution in [2.45, 2.75) is 37.5 Å². The van der Waals surface area contributed by atoms with Gasteiger partial charge in [0.1, 0.15) is 4.90 Å². The molecule has 0 aromatic carbocycles. The normalized spacial score (nSPS) is 22.0. The molecule has 1 amide bonds. The fraction of sp³-hybridized carbons (Fsp3) is 0.632. The lowest BCUT2D eigenvalue weighted by Gasteiger charge is -2.36. The van der Waals surface area contributed by atoms with Crippen molar-refractivity contribution in [2.24, 2.45) is 11.8 Å². The maximum atomic E-state index is 12.9. The summed E-state index contributed by atoms with van der Waals surface area (Å²) in [6, 6.07) is 3.13. The molecule has 3 rings (SSSR count). The van der Waals surface area contributed by atoms with E-state index in [0.717, 1.165) is 12.8 Å². The Bertz CT molecular complexity index is 791. The lowest BCUT2D eigenvalue weighted by atomic mass is 9.93. The number of nitrogens with zero attached hydrogens (tertiary/aromatic N) is 3. The minimum Gasteiger partial charge on any atom is -0.466 e. The van der Waals surface area contributed by atoms with Crippen LogP contribution in [0, 0.1) is 11.8 Å². The summed E-state index contributed by atoms with van der Waals surface area (Å²) in [5.74, 6) is -0.685. The van der Waals surface area contributed by atoms with Gasteiger partial charge in [-0.2, -0.15) is 4.31 Å². The van der Waals surface area contributed by atoms with Crippen LogP contribution in [0.3, 0.4) is 0 Å². The molecule has 2 saturated heterocycles. The summed E-state index contributed by atoms with van der Waals surface area (Å²) in [7, 11) is -3.58. The first-order chi connectivity index (χ1) is 13.4. The lowest BCUT2D eigenvalue weighted by Crippen LogP contribution is -2.48. The van der Waals surface area contributed by atoms with Gasteiger partial charge in [0.05, 0.1) is 12.5 Å². The van der Waals surface area contributed by atoms with E-state index in [1.54, 1.807) is 17.9 Å². The highest BCUT2D eigenvalue weighted by Crippen LogP contribution is 2.27. The number of esters is 1. The van der Waals surface area contributed by atoms with E-state index in [0.29, 0.717) is 45.6 Å². The molecular formula is C19H27N3O5S. The summed E-state index contributed by atoms with van der Waals surface area (Å²) in [6.45, 7) is 3.77. The van der Waals surface area contributed by atoms with Gasteiger partial charge in [-0.25, -0.2) is 8.42 Å². The highest BCUT2D eigenvalue weighted by atomic mass is 32.2. The molecule has 3 heterocycles. The number of rotatable bonds is 5. The largest absolute Gasteiger partial charge is 0.466 e. The molecule has 8 nitrogen and oxygen atoms in total. The molecule has 0 spiro atoms. The van der Waals surface area contributed by atoms with Crippen molar-refractivity contribution in [2.75, 3.05) is 32.8 Å². The average molecular weight is 410 g/mol. The van der Waals surface area contributed by atoms with Crippen LogP contribution in [0.15, 0.2) is 29.4 Å². The van der Waals surface area contributed by atoms with Crippen LogP contribution in [0.4, 0.5) is 0 Å². The van der Waals surface area contributed by atoms with Gasteiger partial charge in [0, 0.05) is 44.5 Å². The number of hydrogen-bond acceptors (Lipinski definition) is 6. The van der Waals surface area contributed by atoms with Gasteiger partial charge in [0.25, 0.3) is 0 Å². The van der Waals surface area contributed by atoms with E-state index in [4.69, 9.17) is 4.74 Å². The van der Waals surface area contributed by atoms with Gasteiger partial charge in [-0.1, -0.05) is 0 Å². The number of carbonyl (C=O) groups is 2. The van der Waals surface area contributed by atoms with Gasteiger partial charge < -0.3 is 9.64 Å². The first kappa shape index (κ1) is 20.7. The monoisotopic (exact) mass is 409 g/mol. The fourth-order valence-electron chi connectivity index (χ4n) is 3.88. The van der Waals surface area contributed by atoms with E-state index in [-0.39, 0.29) is 28.6 Å². The number of ether oxygens (including phenoxy) is 1. The summed E-state index contributed by atoms with van der Waals surface area (Å²) in [4.78, 5) is 30.7. The van der Waals surface area contributed by atoms with Crippen LogP contribution in [0.2, 0.25) is 0 Å². The maximum Gasteiger partial charge on any atom is 0.310 e. The molecule has 2 aliphatic rings. The second kappa shape index (κ2) is 9.00. The van der Waals surface area contributed by atoms with Crippen LogP contribution in [0.1, 0.15) is 32.6 Å². The van der Waals surface area contributed by atoms with E-state index < -0.39 is 10.0 Å². The van der Waals surface area contributed by atoms with Gasteiger partial charge in [-0.3, -0.25) is 14.6 Å². The second-order valence-electron chi connectivity index (χ2n) is 7.24. The van der Waals surface area contributed by atoms with Gasteiger partial charge in [-0.05, 0) is 44.7 Å². The van der Waals surface area contributed by atoms with E-state index >= 15 is 0 Å². The molecule has 154 valence electrons. The molecule has 0 radical (unpaired) electrons. The number of amides is 1. The number of aromatic nitrogens is 1. The minimum atomic E-state index is -3.58. The Balaban J connectivity index is 1.57. The third-order valence-electron chi connectivity index (χ3n) is 5.43. The van der Waals surface area contributed by atoms with Crippen molar-refractivity contribution in [1.29, 1.82) is 0 Å². The van der Waals surface area contributed by atoms with Crippen LogP contribution in [-0.2, 0) is 24.3 Å². The van der Waals surface area contributed by atoms with E-state index in [2.05, 4.69) is 4.98 Å². The van der Waals surface area contributed by atoms with E-state index in [9.17, 15) is 18.0 Å². The Kier molecular flexibility index (Phi) is 6.66. The molecule has 1 unspecified atom stereocenters. The predicted octanol–water partition coefficient (Wildman–Crippen LogP) is 1.28. The number of carbonyl (C=O) groups excluding carboxylic acids is 2. The molecule has 28 heavy (non-hydrogen) atoms. The zero-order valence-electron chi connectivity index (χ0n) is 16.1. The predicted molar refractivity (Wildman–Crippen MR) is 102 cm³/mol. The van der Waals surface area contributed by atoms with Crippen LogP contribution in [0.25, 0.3) is 0 Å². The molecule has 1 aromatic heterocycles. The Morgan fingerprint density at radius 2 is 1.93 bits per heavy atom. The molecule has 2 aliphatic heterocycles. The van der Waals surface area contributed by atoms with Crippen LogP contribution >= 0.6 is 0 Å². The second-order valence-corrected chi connectivity index (χ2v) is 9.18. The summed E-state index contributed by atoms with van der Waals surface area (Å²) >= 11 is 0.